The van der Waals surface area contributed by atoms with Crippen LogP contribution >= 0.6 is 11.3 Å². The lowest BCUT2D eigenvalue weighted by Gasteiger charge is -2.27. The fraction of sp³-hybridized carbons (Fsp3) is 0.692. The molecule has 3 nitrogen and oxygen atoms in total. The Morgan fingerprint density at radius 3 is 2.76 bits per heavy atom. The van der Waals surface area contributed by atoms with Crippen molar-refractivity contribution in [2.45, 2.75) is 59.0 Å². The van der Waals surface area contributed by atoms with E-state index < -0.39 is 0 Å². The van der Waals surface area contributed by atoms with E-state index in [1.165, 1.54) is 12.8 Å². The molecule has 2 heterocycles. The predicted octanol–water partition coefficient (Wildman–Crippen LogP) is 3.42. The Morgan fingerprint density at radius 1 is 1.53 bits per heavy atom. The van der Waals surface area contributed by atoms with Crippen LogP contribution in [-0.4, -0.2) is 22.9 Å². The summed E-state index contributed by atoms with van der Waals surface area (Å²) in [6.07, 6.45) is 3.62. The monoisotopic (exact) mass is 252 g/mol. The summed E-state index contributed by atoms with van der Waals surface area (Å²) in [6, 6.07) is 1.14. The molecule has 0 aromatic carbocycles. The van der Waals surface area contributed by atoms with E-state index in [0.717, 1.165) is 22.1 Å². The second-order valence-corrected chi connectivity index (χ2v) is 5.84. The highest BCUT2D eigenvalue weighted by Crippen LogP contribution is 2.35. The number of hydrogen-bond donors (Lipinski definition) is 0. The number of nitrogens with zero attached hydrogens (tertiary/aromatic N) is 2. The third-order valence-electron chi connectivity index (χ3n) is 3.58. The van der Waals surface area contributed by atoms with Crippen LogP contribution in [0.4, 0.5) is 5.13 Å². The highest BCUT2D eigenvalue weighted by molar-refractivity contribution is 7.17. The highest BCUT2D eigenvalue weighted by Gasteiger charge is 2.32. The summed E-state index contributed by atoms with van der Waals surface area (Å²) < 4.78 is 0. The molecular weight excluding hydrogens is 232 g/mol. The zero-order valence-electron chi connectivity index (χ0n) is 11.0. The minimum atomic E-state index is 0.131. The first-order valence-corrected chi connectivity index (χ1v) is 7.13. The van der Waals surface area contributed by atoms with Crippen molar-refractivity contribution in [3.8, 4) is 0 Å². The van der Waals surface area contributed by atoms with E-state index in [0.29, 0.717) is 12.1 Å². The molecule has 17 heavy (non-hydrogen) atoms. The maximum absolute atomic E-state index is 11.5. The summed E-state index contributed by atoms with van der Waals surface area (Å²) in [6.45, 7) is 8.02. The van der Waals surface area contributed by atoms with E-state index >= 15 is 0 Å². The van der Waals surface area contributed by atoms with Gasteiger partial charge in [0.2, 0.25) is 0 Å². The van der Waals surface area contributed by atoms with Gasteiger partial charge in [0, 0.05) is 19.0 Å². The Labute approximate surface area is 107 Å². The normalized spacial score (nSPS) is 24.4. The molecular formula is C13H20N2OS. The summed E-state index contributed by atoms with van der Waals surface area (Å²) in [5, 5.41) is 1.03. The maximum Gasteiger partial charge on any atom is 0.186 e. The first-order chi connectivity index (χ1) is 8.04. The van der Waals surface area contributed by atoms with Gasteiger partial charge in [-0.25, -0.2) is 4.98 Å². The molecule has 1 aromatic heterocycles. The Balaban J connectivity index is 2.33. The molecule has 0 amide bonds. The predicted molar refractivity (Wildman–Crippen MR) is 72.1 cm³/mol. The molecule has 0 spiro atoms. The molecule has 1 saturated heterocycles. The number of aromatic nitrogens is 1. The summed E-state index contributed by atoms with van der Waals surface area (Å²) in [5.74, 6) is 0.131. The Bertz CT molecular complexity index is 427. The van der Waals surface area contributed by atoms with Crippen LogP contribution in [0.3, 0.4) is 0 Å². The summed E-state index contributed by atoms with van der Waals surface area (Å²) in [7, 11) is 0. The van der Waals surface area contributed by atoms with Crippen LogP contribution in [0.1, 0.15) is 55.4 Å². The first kappa shape index (κ1) is 12.6. The smallest absolute Gasteiger partial charge is 0.186 e. The van der Waals surface area contributed by atoms with E-state index in [1.54, 1.807) is 18.3 Å². The van der Waals surface area contributed by atoms with Gasteiger partial charge < -0.3 is 4.90 Å². The lowest BCUT2D eigenvalue weighted by atomic mass is 10.2. The quantitative estimate of drug-likeness (QED) is 0.773. The number of rotatable bonds is 3. The van der Waals surface area contributed by atoms with Crippen molar-refractivity contribution in [1.29, 1.82) is 0 Å². The molecule has 2 rings (SSSR count). The molecule has 4 heteroatoms. The molecule has 1 aromatic rings. The van der Waals surface area contributed by atoms with Gasteiger partial charge in [-0.3, -0.25) is 4.79 Å². The van der Waals surface area contributed by atoms with Gasteiger partial charge in [-0.2, -0.15) is 0 Å². The van der Waals surface area contributed by atoms with Crippen LogP contribution in [0.2, 0.25) is 0 Å². The van der Waals surface area contributed by atoms with Crippen LogP contribution in [0.25, 0.3) is 0 Å². The average molecular weight is 252 g/mol. The molecule has 1 aliphatic heterocycles. The highest BCUT2D eigenvalue weighted by atomic mass is 32.1. The van der Waals surface area contributed by atoms with E-state index in [1.807, 2.05) is 6.92 Å². The molecule has 0 bridgehead atoms. The number of hydrogen-bond acceptors (Lipinski definition) is 4. The SMILES string of the molecule is CCC1CCC(C)N1c1nc(C)c(C(C)=O)s1. The maximum atomic E-state index is 11.5. The van der Waals surface area contributed by atoms with Crippen molar-refractivity contribution >= 4 is 22.3 Å². The number of Topliss-reactive ketones (excluding diaryl/α,β-unsaturated/α-hetero) is 1. The van der Waals surface area contributed by atoms with Crippen molar-refractivity contribution < 1.29 is 4.79 Å². The van der Waals surface area contributed by atoms with Gasteiger partial charge in [0.1, 0.15) is 0 Å². The zero-order chi connectivity index (χ0) is 12.6. The van der Waals surface area contributed by atoms with Crippen molar-refractivity contribution in [1.82, 2.24) is 4.98 Å². The number of carbonyl (C=O) groups excluding carboxylic acids is 1. The van der Waals surface area contributed by atoms with Gasteiger partial charge in [0.15, 0.2) is 10.9 Å². The van der Waals surface area contributed by atoms with Crippen molar-refractivity contribution in [2.24, 2.45) is 0 Å². The largest absolute Gasteiger partial charge is 0.342 e. The van der Waals surface area contributed by atoms with E-state index in [9.17, 15) is 4.79 Å². The minimum absolute atomic E-state index is 0.131. The van der Waals surface area contributed by atoms with E-state index in [4.69, 9.17) is 0 Å². The Hall–Kier alpha value is -0.900. The molecule has 2 unspecified atom stereocenters. The molecule has 2 atom stereocenters. The van der Waals surface area contributed by atoms with Crippen molar-refractivity contribution in [3.63, 3.8) is 0 Å². The Kier molecular flexibility index (Phi) is 3.52. The van der Waals surface area contributed by atoms with E-state index in [2.05, 4.69) is 23.7 Å². The Morgan fingerprint density at radius 2 is 2.24 bits per heavy atom. The summed E-state index contributed by atoms with van der Waals surface area (Å²) in [4.78, 5) is 19.3. The van der Waals surface area contributed by atoms with Crippen LogP contribution in [-0.2, 0) is 0 Å². The van der Waals surface area contributed by atoms with Gasteiger partial charge in [0.25, 0.3) is 0 Å². The second-order valence-electron chi connectivity index (χ2n) is 4.86. The van der Waals surface area contributed by atoms with E-state index in [-0.39, 0.29) is 5.78 Å². The first-order valence-electron chi connectivity index (χ1n) is 6.31. The fourth-order valence-electron chi connectivity index (χ4n) is 2.64. The van der Waals surface area contributed by atoms with Crippen LogP contribution in [0.5, 0.6) is 0 Å². The third kappa shape index (κ3) is 2.23. The van der Waals surface area contributed by atoms with Gasteiger partial charge in [-0.1, -0.05) is 18.3 Å². The van der Waals surface area contributed by atoms with Crippen LogP contribution in [0.15, 0.2) is 0 Å². The number of aryl methyl sites for hydroxylation is 1. The number of thiazole rings is 1. The lowest BCUT2D eigenvalue weighted by Crippen LogP contribution is -2.33. The molecule has 0 radical (unpaired) electrons. The second kappa shape index (κ2) is 4.77. The van der Waals surface area contributed by atoms with Gasteiger partial charge in [-0.15, -0.1) is 0 Å². The molecule has 0 saturated carbocycles. The molecule has 1 aliphatic rings. The van der Waals surface area contributed by atoms with Gasteiger partial charge >= 0.3 is 0 Å². The van der Waals surface area contributed by atoms with Crippen LogP contribution in [0, 0.1) is 6.92 Å². The van der Waals surface area contributed by atoms with Gasteiger partial charge in [-0.05, 0) is 33.1 Å². The number of anilines is 1. The summed E-state index contributed by atoms with van der Waals surface area (Å²) in [5.41, 5.74) is 0.881. The molecule has 1 fully saturated rings. The minimum Gasteiger partial charge on any atom is -0.342 e. The zero-order valence-corrected chi connectivity index (χ0v) is 11.8. The third-order valence-corrected chi connectivity index (χ3v) is 4.85. The lowest BCUT2D eigenvalue weighted by molar-refractivity contribution is 0.102. The average Bonchev–Trinajstić information content (AvgIpc) is 2.81. The standard InChI is InChI=1S/C13H20N2OS/c1-5-11-7-6-8(2)15(11)13-14-9(3)12(17-13)10(4)16/h8,11H,5-7H2,1-4H3. The number of carbonyl (C=O) groups is 1. The molecule has 94 valence electrons. The molecule has 0 aliphatic carbocycles. The summed E-state index contributed by atoms with van der Waals surface area (Å²) >= 11 is 1.55. The van der Waals surface area contributed by atoms with Crippen molar-refractivity contribution in [3.05, 3.63) is 10.6 Å². The number of ketones is 1. The van der Waals surface area contributed by atoms with Gasteiger partial charge in [0.05, 0.1) is 10.6 Å². The topological polar surface area (TPSA) is 33.2 Å². The van der Waals surface area contributed by atoms with Crippen molar-refractivity contribution in [2.75, 3.05) is 4.90 Å². The molecule has 0 N–H and O–H groups in total. The fourth-order valence-corrected chi connectivity index (χ4v) is 3.77. The van der Waals surface area contributed by atoms with Crippen LogP contribution < -0.4 is 4.90 Å².